The summed E-state index contributed by atoms with van der Waals surface area (Å²) in [4.78, 5) is 12.1. The Balaban J connectivity index is 1.29. The molecular formula is C19H20N2O2. The monoisotopic (exact) mass is 308 g/mol. The zero-order valence-corrected chi connectivity index (χ0v) is 13.1. The maximum absolute atomic E-state index is 12.1. The zero-order chi connectivity index (χ0) is 15.8. The Bertz CT molecular complexity index is 726. The third-order valence-corrected chi connectivity index (χ3v) is 4.95. The third-order valence-electron chi connectivity index (χ3n) is 4.95. The highest BCUT2D eigenvalue weighted by atomic mass is 16.5. The first-order chi connectivity index (χ1) is 11.3. The smallest absolute Gasteiger partial charge is 0.315 e. The topological polar surface area (TPSA) is 50.4 Å². The van der Waals surface area contributed by atoms with Gasteiger partial charge in [-0.1, -0.05) is 36.4 Å². The molecule has 0 spiro atoms. The molecule has 1 fully saturated rings. The molecule has 4 heteroatoms. The van der Waals surface area contributed by atoms with Crippen LogP contribution in [0.2, 0.25) is 0 Å². The molecule has 0 radical (unpaired) electrons. The fourth-order valence-corrected chi connectivity index (χ4v) is 3.68. The quantitative estimate of drug-likeness (QED) is 0.912. The minimum atomic E-state index is -0.0855. The molecule has 3 atom stereocenters. The molecule has 2 aromatic carbocycles. The lowest BCUT2D eigenvalue weighted by molar-refractivity contribution is 0.239. The average molecular weight is 308 g/mol. The molecule has 2 N–H and O–H groups in total. The van der Waals surface area contributed by atoms with Gasteiger partial charge in [0.15, 0.2) is 0 Å². The van der Waals surface area contributed by atoms with E-state index in [0.717, 1.165) is 17.7 Å². The SMILES string of the molecule is COc1ccc(CNC(=O)NC2C3Cc4ccccc4C32)cc1. The fourth-order valence-electron chi connectivity index (χ4n) is 3.68. The number of hydrogen-bond donors (Lipinski definition) is 2. The van der Waals surface area contributed by atoms with Gasteiger partial charge in [-0.3, -0.25) is 0 Å². The number of methoxy groups -OCH3 is 1. The number of urea groups is 1. The first-order valence-electron chi connectivity index (χ1n) is 8.01. The van der Waals surface area contributed by atoms with Gasteiger partial charge in [-0.25, -0.2) is 4.79 Å². The maximum Gasteiger partial charge on any atom is 0.315 e. The van der Waals surface area contributed by atoms with Gasteiger partial charge in [0, 0.05) is 18.5 Å². The van der Waals surface area contributed by atoms with Crippen LogP contribution in [-0.4, -0.2) is 19.2 Å². The molecule has 2 aliphatic rings. The first-order valence-corrected chi connectivity index (χ1v) is 8.01. The van der Waals surface area contributed by atoms with E-state index in [9.17, 15) is 4.79 Å². The van der Waals surface area contributed by atoms with Crippen molar-refractivity contribution in [2.75, 3.05) is 7.11 Å². The largest absolute Gasteiger partial charge is 0.497 e. The molecule has 2 aromatic rings. The van der Waals surface area contributed by atoms with Crippen molar-refractivity contribution in [1.29, 1.82) is 0 Å². The molecule has 0 bridgehead atoms. The number of carbonyl (C=O) groups excluding carboxylic acids is 1. The summed E-state index contributed by atoms with van der Waals surface area (Å²) < 4.78 is 5.13. The van der Waals surface area contributed by atoms with Crippen molar-refractivity contribution in [3.63, 3.8) is 0 Å². The van der Waals surface area contributed by atoms with E-state index in [0.29, 0.717) is 24.4 Å². The van der Waals surface area contributed by atoms with Crippen molar-refractivity contribution in [3.05, 3.63) is 65.2 Å². The number of benzene rings is 2. The lowest BCUT2D eigenvalue weighted by Gasteiger charge is -2.11. The number of fused-ring (bicyclic) bond motifs is 3. The summed E-state index contributed by atoms with van der Waals surface area (Å²) in [6.45, 7) is 0.522. The molecular weight excluding hydrogens is 288 g/mol. The minimum absolute atomic E-state index is 0.0855. The third kappa shape index (κ3) is 2.65. The Labute approximate surface area is 135 Å². The van der Waals surface area contributed by atoms with Crippen LogP contribution in [0.4, 0.5) is 4.79 Å². The van der Waals surface area contributed by atoms with Crippen LogP contribution in [-0.2, 0) is 13.0 Å². The molecule has 23 heavy (non-hydrogen) atoms. The first kappa shape index (κ1) is 14.1. The van der Waals surface area contributed by atoms with Gasteiger partial charge >= 0.3 is 6.03 Å². The van der Waals surface area contributed by atoms with Crippen molar-refractivity contribution in [1.82, 2.24) is 10.6 Å². The normalized spacial score (nSPS) is 23.6. The lowest BCUT2D eigenvalue weighted by Crippen LogP contribution is -2.38. The van der Waals surface area contributed by atoms with Gasteiger partial charge in [-0.15, -0.1) is 0 Å². The predicted molar refractivity (Wildman–Crippen MR) is 88.5 cm³/mol. The van der Waals surface area contributed by atoms with E-state index in [2.05, 4.69) is 34.9 Å². The van der Waals surface area contributed by atoms with Crippen LogP contribution in [0.25, 0.3) is 0 Å². The van der Waals surface area contributed by atoms with Crippen LogP contribution < -0.4 is 15.4 Å². The highest BCUT2D eigenvalue weighted by Gasteiger charge is 2.56. The molecule has 4 rings (SSSR count). The number of ether oxygens (including phenoxy) is 1. The Morgan fingerprint density at radius 2 is 1.96 bits per heavy atom. The number of rotatable bonds is 4. The molecule has 0 heterocycles. The van der Waals surface area contributed by atoms with E-state index in [1.165, 1.54) is 11.1 Å². The highest BCUT2D eigenvalue weighted by Crippen LogP contribution is 2.56. The van der Waals surface area contributed by atoms with Crippen LogP contribution in [0.3, 0.4) is 0 Å². The van der Waals surface area contributed by atoms with Crippen LogP contribution >= 0.6 is 0 Å². The number of hydrogen-bond acceptors (Lipinski definition) is 2. The molecule has 0 saturated heterocycles. The van der Waals surface area contributed by atoms with E-state index in [1.807, 2.05) is 24.3 Å². The van der Waals surface area contributed by atoms with E-state index < -0.39 is 0 Å². The van der Waals surface area contributed by atoms with Gasteiger partial charge < -0.3 is 15.4 Å². The Hall–Kier alpha value is -2.49. The Kier molecular flexibility index (Phi) is 3.45. The standard InChI is InChI=1S/C19H20N2O2/c1-23-14-8-6-12(7-9-14)11-20-19(22)21-18-16-10-13-4-2-3-5-15(13)17(16)18/h2-9,16-18H,10-11H2,1H3,(H2,20,21,22). The van der Waals surface area contributed by atoms with Gasteiger partial charge in [0.05, 0.1) is 7.11 Å². The predicted octanol–water partition coefficient (Wildman–Crippen LogP) is 2.83. The van der Waals surface area contributed by atoms with Crippen LogP contribution in [0.1, 0.15) is 22.6 Å². The van der Waals surface area contributed by atoms with Crippen LogP contribution in [0.15, 0.2) is 48.5 Å². The van der Waals surface area contributed by atoms with Crippen molar-refractivity contribution in [2.45, 2.75) is 24.9 Å². The van der Waals surface area contributed by atoms with Gasteiger partial charge in [-0.05, 0) is 41.2 Å². The van der Waals surface area contributed by atoms with Gasteiger partial charge in [0.25, 0.3) is 0 Å². The summed E-state index contributed by atoms with van der Waals surface area (Å²) >= 11 is 0. The maximum atomic E-state index is 12.1. The van der Waals surface area contributed by atoms with Gasteiger partial charge in [0.1, 0.15) is 5.75 Å². The Morgan fingerprint density at radius 3 is 2.74 bits per heavy atom. The second kappa shape index (κ2) is 5.61. The van der Waals surface area contributed by atoms with Gasteiger partial charge in [0.2, 0.25) is 0 Å². The molecule has 2 amide bonds. The van der Waals surface area contributed by atoms with Crippen molar-refractivity contribution in [2.24, 2.45) is 5.92 Å². The molecule has 0 aliphatic heterocycles. The van der Waals surface area contributed by atoms with Crippen LogP contribution in [0, 0.1) is 5.92 Å². The summed E-state index contributed by atoms with van der Waals surface area (Å²) in [6, 6.07) is 16.5. The lowest BCUT2D eigenvalue weighted by atomic mass is 10.1. The van der Waals surface area contributed by atoms with Crippen molar-refractivity contribution < 1.29 is 9.53 Å². The zero-order valence-electron chi connectivity index (χ0n) is 13.1. The fraction of sp³-hybridized carbons (Fsp3) is 0.316. The summed E-state index contributed by atoms with van der Waals surface area (Å²) in [6.07, 6.45) is 1.09. The van der Waals surface area contributed by atoms with Crippen molar-refractivity contribution in [3.8, 4) is 5.75 Å². The van der Waals surface area contributed by atoms with E-state index in [1.54, 1.807) is 7.11 Å². The molecule has 0 aromatic heterocycles. The number of amides is 2. The second-order valence-corrected chi connectivity index (χ2v) is 6.29. The summed E-state index contributed by atoms with van der Waals surface area (Å²) in [5.74, 6) is 1.92. The summed E-state index contributed by atoms with van der Waals surface area (Å²) in [7, 11) is 1.64. The highest BCUT2D eigenvalue weighted by molar-refractivity contribution is 5.75. The van der Waals surface area contributed by atoms with E-state index in [4.69, 9.17) is 4.74 Å². The second-order valence-electron chi connectivity index (χ2n) is 6.29. The molecule has 1 saturated carbocycles. The molecule has 118 valence electrons. The van der Waals surface area contributed by atoms with E-state index in [-0.39, 0.29) is 6.03 Å². The number of carbonyl (C=O) groups is 1. The van der Waals surface area contributed by atoms with Crippen molar-refractivity contribution >= 4 is 6.03 Å². The summed E-state index contributed by atoms with van der Waals surface area (Å²) in [5.41, 5.74) is 3.92. The summed E-state index contributed by atoms with van der Waals surface area (Å²) in [5, 5.41) is 6.05. The average Bonchev–Trinajstić information content (AvgIpc) is 3.10. The van der Waals surface area contributed by atoms with Gasteiger partial charge in [-0.2, -0.15) is 0 Å². The number of nitrogens with one attached hydrogen (secondary N) is 2. The molecule has 3 unspecified atom stereocenters. The van der Waals surface area contributed by atoms with E-state index >= 15 is 0 Å². The molecule has 2 aliphatic carbocycles. The van der Waals surface area contributed by atoms with Crippen LogP contribution in [0.5, 0.6) is 5.75 Å². The minimum Gasteiger partial charge on any atom is -0.497 e. The Morgan fingerprint density at radius 1 is 1.17 bits per heavy atom. The molecule has 4 nitrogen and oxygen atoms in total.